The summed E-state index contributed by atoms with van der Waals surface area (Å²) in [4.78, 5) is 4.08. The van der Waals surface area contributed by atoms with Gasteiger partial charge in [-0.05, 0) is 60.0 Å². The highest BCUT2D eigenvalue weighted by molar-refractivity contribution is 7.67. The summed E-state index contributed by atoms with van der Waals surface area (Å²) in [5.74, 6) is -0.270. The van der Waals surface area contributed by atoms with E-state index in [1.807, 2.05) is 99.8 Å². The fourth-order valence-corrected chi connectivity index (χ4v) is 6.09. The van der Waals surface area contributed by atoms with Crippen molar-refractivity contribution in [3.8, 4) is 0 Å². The van der Waals surface area contributed by atoms with E-state index < -0.39 is 13.2 Å². The monoisotopic (exact) mass is 465 g/mol. The molecule has 0 spiro atoms. The Kier molecular flexibility index (Phi) is 8.23. The van der Waals surface area contributed by atoms with E-state index in [1.165, 1.54) is 0 Å². The van der Waals surface area contributed by atoms with Crippen LogP contribution in [0.3, 0.4) is 0 Å². The van der Waals surface area contributed by atoms with Crippen LogP contribution in [0.1, 0.15) is 25.2 Å². The summed E-state index contributed by atoms with van der Waals surface area (Å²) in [6.45, 7) is 4.56. The van der Waals surface area contributed by atoms with Gasteiger partial charge in [0.15, 0.2) is 0 Å². The molecule has 0 unspecified atom stereocenters. The van der Waals surface area contributed by atoms with E-state index in [4.69, 9.17) is 4.52 Å². The third-order valence-electron chi connectivity index (χ3n) is 5.47. The zero-order valence-corrected chi connectivity index (χ0v) is 21.4. The van der Waals surface area contributed by atoms with Gasteiger partial charge in [0.05, 0.1) is 6.61 Å². The number of nitrogens with one attached hydrogen (secondary N) is 1. The average molecular weight is 466 g/mol. The summed E-state index contributed by atoms with van der Waals surface area (Å²) in [6, 6.07) is 25.9. The SMILES string of the molecule is CC(C)CO[P@@](=O)(c1ccc(N(C)C)cc1)[C@H](Nc1ccccc1)c1ccc(N(C)C)cc1. The molecule has 6 heteroatoms. The summed E-state index contributed by atoms with van der Waals surface area (Å²) in [7, 11) is 4.66. The maximum absolute atomic E-state index is 14.8. The van der Waals surface area contributed by atoms with Crippen molar-refractivity contribution in [2.45, 2.75) is 19.6 Å². The van der Waals surface area contributed by atoms with E-state index in [-0.39, 0.29) is 5.92 Å². The Labute approximate surface area is 198 Å². The van der Waals surface area contributed by atoms with Crippen molar-refractivity contribution < 1.29 is 9.09 Å². The fourth-order valence-electron chi connectivity index (χ4n) is 3.53. The third kappa shape index (κ3) is 6.19. The van der Waals surface area contributed by atoms with Crippen LogP contribution >= 0.6 is 7.37 Å². The van der Waals surface area contributed by atoms with E-state index in [9.17, 15) is 4.57 Å². The summed E-state index contributed by atoms with van der Waals surface area (Å²) < 4.78 is 21.1. The highest BCUT2D eigenvalue weighted by atomic mass is 31.2. The first-order chi connectivity index (χ1) is 15.7. The Bertz CT molecular complexity index is 1050. The molecule has 0 heterocycles. The normalized spacial score (nSPS) is 13.9. The molecule has 0 saturated carbocycles. The van der Waals surface area contributed by atoms with Gasteiger partial charge in [0.2, 0.25) is 0 Å². The molecule has 0 radical (unpaired) electrons. The van der Waals surface area contributed by atoms with Gasteiger partial charge in [-0.2, -0.15) is 0 Å². The Balaban J connectivity index is 2.11. The number of rotatable bonds is 10. The highest BCUT2D eigenvalue weighted by Gasteiger charge is 2.38. The third-order valence-corrected chi connectivity index (χ3v) is 8.13. The molecule has 0 bridgehead atoms. The molecule has 3 rings (SSSR count). The molecular formula is C27H36N3O2P. The van der Waals surface area contributed by atoms with Crippen LogP contribution in [-0.2, 0) is 9.09 Å². The van der Waals surface area contributed by atoms with Gasteiger partial charge in [-0.3, -0.25) is 4.57 Å². The van der Waals surface area contributed by atoms with Crippen LogP contribution in [0.25, 0.3) is 0 Å². The molecule has 2 atom stereocenters. The zero-order chi connectivity index (χ0) is 24.0. The van der Waals surface area contributed by atoms with Crippen LogP contribution in [0.4, 0.5) is 17.1 Å². The second-order valence-corrected chi connectivity index (χ2v) is 11.6. The van der Waals surface area contributed by atoms with Crippen LogP contribution < -0.4 is 20.4 Å². The number of benzene rings is 3. The van der Waals surface area contributed by atoms with Crippen molar-refractivity contribution in [3.63, 3.8) is 0 Å². The van der Waals surface area contributed by atoms with Gasteiger partial charge in [-0.1, -0.05) is 44.2 Å². The van der Waals surface area contributed by atoms with Crippen LogP contribution in [0.15, 0.2) is 78.9 Å². The molecule has 3 aromatic carbocycles. The number of hydrogen-bond donors (Lipinski definition) is 1. The molecule has 0 fully saturated rings. The molecule has 0 saturated heterocycles. The van der Waals surface area contributed by atoms with Crippen LogP contribution in [0, 0.1) is 5.92 Å². The Hall–Kier alpha value is -2.75. The quantitative estimate of drug-likeness (QED) is 0.361. The van der Waals surface area contributed by atoms with Gasteiger partial charge < -0.3 is 19.6 Å². The van der Waals surface area contributed by atoms with Gasteiger partial charge in [0, 0.05) is 50.6 Å². The largest absolute Gasteiger partial charge is 0.378 e. The highest BCUT2D eigenvalue weighted by Crippen LogP contribution is 2.59. The van der Waals surface area contributed by atoms with Gasteiger partial charge in [-0.25, -0.2) is 0 Å². The van der Waals surface area contributed by atoms with Gasteiger partial charge in [-0.15, -0.1) is 0 Å². The predicted molar refractivity (Wildman–Crippen MR) is 142 cm³/mol. The summed E-state index contributed by atoms with van der Waals surface area (Å²) in [5.41, 5.74) is 3.97. The predicted octanol–water partition coefficient (Wildman–Crippen LogP) is 6.21. The molecule has 3 aromatic rings. The number of hydrogen-bond acceptors (Lipinski definition) is 5. The van der Waals surface area contributed by atoms with E-state index in [0.717, 1.165) is 22.6 Å². The minimum Gasteiger partial charge on any atom is -0.378 e. The van der Waals surface area contributed by atoms with E-state index >= 15 is 0 Å². The van der Waals surface area contributed by atoms with Crippen molar-refractivity contribution in [1.29, 1.82) is 0 Å². The van der Waals surface area contributed by atoms with Crippen molar-refractivity contribution in [3.05, 3.63) is 84.4 Å². The molecule has 33 heavy (non-hydrogen) atoms. The van der Waals surface area contributed by atoms with Crippen LogP contribution in [0.2, 0.25) is 0 Å². The molecule has 0 aliphatic heterocycles. The number of nitrogens with zero attached hydrogens (tertiary/aromatic N) is 2. The number of anilines is 3. The lowest BCUT2D eigenvalue weighted by molar-refractivity contribution is 0.272. The molecule has 0 amide bonds. The molecule has 0 aromatic heterocycles. The van der Waals surface area contributed by atoms with Gasteiger partial charge >= 0.3 is 0 Å². The molecule has 176 valence electrons. The molecule has 1 N–H and O–H groups in total. The summed E-state index contributed by atoms with van der Waals surface area (Å²) in [5, 5.41) is 4.24. The number of para-hydroxylation sites is 1. The van der Waals surface area contributed by atoms with Crippen molar-refractivity contribution in [2.75, 3.05) is 49.9 Å². The lowest BCUT2D eigenvalue weighted by atomic mass is 10.2. The Morgan fingerprint density at radius 3 is 1.79 bits per heavy atom. The fraction of sp³-hybridized carbons (Fsp3) is 0.333. The van der Waals surface area contributed by atoms with Gasteiger partial charge in [0.1, 0.15) is 5.78 Å². The Morgan fingerprint density at radius 2 is 1.30 bits per heavy atom. The van der Waals surface area contributed by atoms with Gasteiger partial charge in [0.25, 0.3) is 7.37 Å². The minimum atomic E-state index is -3.36. The average Bonchev–Trinajstić information content (AvgIpc) is 2.82. The smallest absolute Gasteiger partial charge is 0.258 e. The summed E-state index contributed by atoms with van der Waals surface area (Å²) in [6.07, 6.45) is 0. The van der Waals surface area contributed by atoms with Crippen molar-refractivity contribution >= 4 is 29.7 Å². The second kappa shape index (κ2) is 10.9. The zero-order valence-electron chi connectivity index (χ0n) is 20.5. The second-order valence-electron chi connectivity index (χ2n) is 9.10. The van der Waals surface area contributed by atoms with E-state index in [1.54, 1.807) is 0 Å². The molecule has 0 aliphatic carbocycles. The molecule has 5 nitrogen and oxygen atoms in total. The first kappa shape index (κ1) is 24.9. The topological polar surface area (TPSA) is 44.8 Å². The Morgan fingerprint density at radius 1 is 0.788 bits per heavy atom. The van der Waals surface area contributed by atoms with E-state index in [2.05, 4.69) is 36.2 Å². The lowest BCUT2D eigenvalue weighted by Crippen LogP contribution is -2.22. The maximum atomic E-state index is 14.8. The minimum absolute atomic E-state index is 0.257. The molecular weight excluding hydrogens is 429 g/mol. The van der Waals surface area contributed by atoms with Crippen LogP contribution in [0.5, 0.6) is 0 Å². The molecule has 0 aliphatic rings. The maximum Gasteiger partial charge on any atom is 0.258 e. The van der Waals surface area contributed by atoms with Crippen molar-refractivity contribution in [2.24, 2.45) is 5.92 Å². The first-order valence-corrected chi connectivity index (χ1v) is 13.0. The van der Waals surface area contributed by atoms with Crippen LogP contribution in [-0.4, -0.2) is 34.8 Å². The first-order valence-electron chi connectivity index (χ1n) is 11.3. The van der Waals surface area contributed by atoms with E-state index in [0.29, 0.717) is 11.9 Å². The summed E-state index contributed by atoms with van der Waals surface area (Å²) >= 11 is 0. The lowest BCUT2D eigenvalue weighted by Gasteiger charge is -2.31. The van der Waals surface area contributed by atoms with Crippen molar-refractivity contribution in [1.82, 2.24) is 0 Å². The standard InChI is InChI=1S/C27H36N3O2P/c1-21(2)20-32-33(31,26-18-16-25(17-19-26)30(5)6)27(28-23-10-8-7-9-11-23)22-12-14-24(15-13-22)29(3)4/h7-19,21,27-28H,20H2,1-6H3/t27-,33-/m0/s1.